The first-order chi connectivity index (χ1) is 11.5. The lowest BCUT2D eigenvalue weighted by Crippen LogP contribution is -2.39. The summed E-state index contributed by atoms with van der Waals surface area (Å²) in [6, 6.07) is 10.9. The van der Waals surface area contributed by atoms with Gasteiger partial charge in [0.25, 0.3) is 0 Å². The van der Waals surface area contributed by atoms with Crippen molar-refractivity contribution in [3.8, 4) is 12.3 Å². The maximum Gasteiger partial charge on any atom is 0.178 e. The van der Waals surface area contributed by atoms with Gasteiger partial charge in [0.05, 0.1) is 0 Å². The number of ketones is 2. The minimum atomic E-state index is -1.17. The summed E-state index contributed by atoms with van der Waals surface area (Å²) in [5.41, 5.74) is 0.639. The minimum absolute atomic E-state index is 0.125. The molecule has 0 aliphatic heterocycles. The maximum atomic E-state index is 13.4. The summed E-state index contributed by atoms with van der Waals surface area (Å²) in [7, 11) is 0. The van der Waals surface area contributed by atoms with Crippen LogP contribution in [0.1, 0.15) is 51.3 Å². The Bertz CT molecular complexity index is 817. The number of hydrogen-bond acceptors (Lipinski definition) is 3. The van der Waals surface area contributed by atoms with E-state index in [0.717, 1.165) is 10.5 Å². The molecule has 0 radical (unpaired) electrons. The zero-order valence-electron chi connectivity index (χ0n) is 13.5. The summed E-state index contributed by atoms with van der Waals surface area (Å²) in [6.07, 6.45) is 6.27. The van der Waals surface area contributed by atoms with Crippen LogP contribution in [0.5, 0.6) is 0 Å². The summed E-state index contributed by atoms with van der Waals surface area (Å²) in [4.78, 5) is 27.7. The fourth-order valence-electron chi connectivity index (χ4n) is 3.66. The number of Topliss-reactive ketones (excluding diaryl/α,β-unsaturated/α-hetero) is 2. The van der Waals surface area contributed by atoms with E-state index in [9.17, 15) is 9.59 Å². The van der Waals surface area contributed by atoms with Gasteiger partial charge < -0.3 is 0 Å². The van der Waals surface area contributed by atoms with Crippen LogP contribution in [-0.2, 0) is 0 Å². The number of rotatable bonds is 5. The van der Waals surface area contributed by atoms with Crippen LogP contribution in [0, 0.1) is 17.8 Å². The molecule has 0 N–H and O–H groups in total. The van der Waals surface area contributed by atoms with Gasteiger partial charge in [0.2, 0.25) is 0 Å². The largest absolute Gasteiger partial charge is 0.293 e. The van der Waals surface area contributed by atoms with Gasteiger partial charge in [-0.2, -0.15) is 0 Å². The Morgan fingerprint density at radius 1 is 1.21 bits per heavy atom. The van der Waals surface area contributed by atoms with E-state index >= 15 is 0 Å². The Kier molecular flexibility index (Phi) is 4.26. The van der Waals surface area contributed by atoms with Crippen molar-refractivity contribution in [3.63, 3.8) is 0 Å². The van der Waals surface area contributed by atoms with Gasteiger partial charge in [0.1, 0.15) is 5.41 Å². The Balaban J connectivity index is 2.23. The van der Waals surface area contributed by atoms with E-state index in [2.05, 4.69) is 12.5 Å². The molecule has 1 aromatic carbocycles. The molecule has 2 nitrogen and oxygen atoms in total. The number of carbonyl (C=O) groups is 2. The third-order valence-corrected chi connectivity index (χ3v) is 5.60. The standard InChI is InChI=1S/C21H18O2S/c1-4-8-17(18-11-7-12-24-18)21(13-14(2)3)19(22)15-9-5-6-10-16(15)20(21)23/h1,5-7,9-12,17H,2,8,13H2,3H3. The normalized spacial score (nSPS) is 16.5. The highest BCUT2D eigenvalue weighted by Gasteiger charge is 2.57. The van der Waals surface area contributed by atoms with Gasteiger partial charge in [-0.1, -0.05) is 35.9 Å². The fourth-order valence-corrected chi connectivity index (χ4v) is 4.58. The fraction of sp³-hybridized carbons (Fsp3) is 0.238. The summed E-state index contributed by atoms with van der Waals surface area (Å²) in [5.74, 6) is 2.09. The Morgan fingerprint density at radius 2 is 1.83 bits per heavy atom. The highest BCUT2D eigenvalue weighted by molar-refractivity contribution is 7.10. The van der Waals surface area contributed by atoms with E-state index in [1.54, 1.807) is 24.3 Å². The molecule has 1 atom stereocenters. The van der Waals surface area contributed by atoms with Gasteiger partial charge in [0, 0.05) is 28.3 Å². The van der Waals surface area contributed by atoms with Crippen molar-refractivity contribution in [2.24, 2.45) is 5.41 Å². The molecule has 0 fully saturated rings. The topological polar surface area (TPSA) is 34.1 Å². The first kappa shape index (κ1) is 16.4. The quantitative estimate of drug-likeness (QED) is 0.443. The predicted molar refractivity (Wildman–Crippen MR) is 97.5 cm³/mol. The van der Waals surface area contributed by atoms with E-state index in [-0.39, 0.29) is 17.5 Å². The van der Waals surface area contributed by atoms with Gasteiger partial charge in [0.15, 0.2) is 11.6 Å². The molecule has 2 aromatic rings. The third kappa shape index (κ3) is 2.35. The van der Waals surface area contributed by atoms with Crippen molar-refractivity contribution in [1.82, 2.24) is 0 Å². The highest BCUT2D eigenvalue weighted by Crippen LogP contribution is 2.52. The molecule has 24 heavy (non-hydrogen) atoms. The van der Waals surface area contributed by atoms with E-state index in [0.29, 0.717) is 24.0 Å². The van der Waals surface area contributed by atoms with Crippen LogP contribution in [0.3, 0.4) is 0 Å². The number of benzene rings is 1. The van der Waals surface area contributed by atoms with E-state index in [1.807, 2.05) is 24.4 Å². The third-order valence-electron chi connectivity index (χ3n) is 4.61. The molecule has 0 spiro atoms. The van der Waals surface area contributed by atoms with Crippen LogP contribution in [-0.4, -0.2) is 11.6 Å². The Hall–Kier alpha value is -2.44. The van der Waals surface area contributed by atoms with Crippen molar-refractivity contribution in [2.45, 2.75) is 25.7 Å². The van der Waals surface area contributed by atoms with Crippen LogP contribution in [0.15, 0.2) is 53.9 Å². The van der Waals surface area contributed by atoms with Gasteiger partial charge in [-0.15, -0.1) is 30.3 Å². The van der Waals surface area contributed by atoms with E-state index in [4.69, 9.17) is 6.42 Å². The molecule has 0 saturated heterocycles. The van der Waals surface area contributed by atoms with Crippen LogP contribution >= 0.6 is 11.3 Å². The molecule has 1 aliphatic carbocycles. The van der Waals surface area contributed by atoms with Crippen LogP contribution in [0.4, 0.5) is 0 Å². The molecule has 120 valence electrons. The van der Waals surface area contributed by atoms with Crippen molar-refractivity contribution < 1.29 is 9.59 Å². The lowest BCUT2D eigenvalue weighted by atomic mass is 9.66. The summed E-state index contributed by atoms with van der Waals surface area (Å²) in [6.45, 7) is 5.82. The van der Waals surface area contributed by atoms with Crippen LogP contribution < -0.4 is 0 Å². The Labute approximate surface area is 146 Å². The molecule has 1 aromatic heterocycles. The zero-order valence-corrected chi connectivity index (χ0v) is 14.4. The molecule has 3 rings (SSSR count). The first-order valence-electron chi connectivity index (χ1n) is 7.82. The van der Waals surface area contributed by atoms with Crippen molar-refractivity contribution in [1.29, 1.82) is 0 Å². The molecule has 1 heterocycles. The molecule has 1 unspecified atom stereocenters. The number of thiophene rings is 1. The number of carbonyl (C=O) groups excluding carboxylic acids is 2. The smallest absolute Gasteiger partial charge is 0.178 e. The van der Waals surface area contributed by atoms with Gasteiger partial charge >= 0.3 is 0 Å². The molecular formula is C21H18O2S. The van der Waals surface area contributed by atoms with Crippen molar-refractivity contribution >= 4 is 22.9 Å². The second kappa shape index (κ2) is 6.22. The lowest BCUT2D eigenvalue weighted by Gasteiger charge is -2.33. The Morgan fingerprint density at radius 3 is 2.29 bits per heavy atom. The summed E-state index contributed by atoms with van der Waals surface area (Å²) in [5, 5.41) is 1.95. The summed E-state index contributed by atoms with van der Waals surface area (Å²) < 4.78 is 0. The van der Waals surface area contributed by atoms with Gasteiger partial charge in [-0.3, -0.25) is 9.59 Å². The molecule has 0 saturated carbocycles. The number of allylic oxidation sites excluding steroid dienone is 1. The second-order valence-corrected chi connectivity index (χ2v) is 7.26. The molecular weight excluding hydrogens is 316 g/mol. The van der Waals surface area contributed by atoms with Crippen molar-refractivity contribution in [2.75, 3.05) is 0 Å². The van der Waals surface area contributed by atoms with E-state index < -0.39 is 5.41 Å². The molecule has 3 heteroatoms. The molecule has 0 bridgehead atoms. The summed E-state index contributed by atoms with van der Waals surface area (Å²) >= 11 is 1.54. The SMILES string of the molecule is C#CCC(c1cccs1)C1(CC(=C)C)C(=O)c2ccccc2C1=O. The van der Waals surface area contributed by atoms with E-state index in [1.165, 1.54) is 11.3 Å². The van der Waals surface area contributed by atoms with Gasteiger partial charge in [-0.25, -0.2) is 0 Å². The zero-order chi connectivity index (χ0) is 17.3. The lowest BCUT2D eigenvalue weighted by molar-refractivity contribution is 0.0651. The molecule has 0 amide bonds. The first-order valence-corrected chi connectivity index (χ1v) is 8.70. The van der Waals surface area contributed by atoms with Crippen LogP contribution in [0.2, 0.25) is 0 Å². The predicted octanol–water partition coefficient (Wildman–Crippen LogP) is 4.89. The second-order valence-electron chi connectivity index (χ2n) is 6.29. The average Bonchev–Trinajstić information content (AvgIpc) is 3.16. The van der Waals surface area contributed by atoms with Crippen LogP contribution in [0.25, 0.3) is 0 Å². The minimum Gasteiger partial charge on any atom is -0.293 e. The number of fused-ring (bicyclic) bond motifs is 1. The number of terminal acetylenes is 1. The van der Waals surface area contributed by atoms with Gasteiger partial charge in [-0.05, 0) is 24.8 Å². The van der Waals surface area contributed by atoms with Crippen molar-refractivity contribution in [3.05, 3.63) is 69.9 Å². The number of hydrogen-bond donors (Lipinski definition) is 0. The average molecular weight is 334 g/mol. The molecule has 1 aliphatic rings. The monoisotopic (exact) mass is 334 g/mol. The highest BCUT2D eigenvalue weighted by atomic mass is 32.1. The maximum absolute atomic E-state index is 13.4.